The first kappa shape index (κ1) is 18.6. The van der Waals surface area contributed by atoms with E-state index in [9.17, 15) is 9.59 Å². The van der Waals surface area contributed by atoms with E-state index >= 15 is 0 Å². The predicted octanol–water partition coefficient (Wildman–Crippen LogP) is 0.923. The average Bonchev–Trinajstić information content (AvgIpc) is 3.04. The summed E-state index contributed by atoms with van der Waals surface area (Å²) in [4.78, 5) is 29.0. The molecule has 0 saturated carbocycles. The van der Waals surface area contributed by atoms with Crippen LogP contribution in [0.4, 0.5) is 5.69 Å². The normalized spacial score (nSPS) is 15.0. The van der Waals surface area contributed by atoms with Gasteiger partial charge in [-0.05, 0) is 12.1 Å². The smallest absolute Gasteiger partial charge is 0.356 e. The van der Waals surface area contributed by atoms with Crippen LogP contribution in [-0.4, -0.2) is 62.2 Å². The summed E-state index contributed by atoms with van der Waals surface area (Å²) in [5, 5.41) is 3.65. The first-order valence-corrected chi connectivity index (χ1v) is 9.77. The second-order valence-electron chi connectivity index (χ2n) is 6.19. The molecule has 3 rings (SSSR count). The number of hydrogen-bond donors (Lipinski definition) is 3. The Morgan fingerprint density at radius 2 is 2.04 bits per heavy atom. The number of rotatable bonds is 6. The zero-order valence-corrected chi connectivity index (χ0v) is 15.8. The Labute approximate surface area is 156 Å². The van der Waals surface area contributed by atoms with Gasteiger partial charge in [-0.25, -0.2) is 4.79 Å². The zero-order valence-electron chi connectivity index (χ0n) is 15.0. The Morgan fingerprint density at radius 1 is 1.27 bits per heavy atom. The van der Waals surface area contributed by atoms with Gasteiger partial charge in [-0.2, -0.15) is 11.8 Å². The van der Waals surface area contributed by atoms with Gasteiger partial charge in [0, 0.05) is 23.0 Å². The second kappa shape index (κ2) is 8.46. The standard InChI is InChI=1S/C18H23N3O4S/c1-24-12-3-4-13-14(11-12)19-17(18(23)25-2)16(13)20-15(22)5-6-21-7-9-26-10-8-21/h3-4,11,19H,5-10H2,1-2H3,(H,20,22)/p+1. The van der Waals surface area contributed by atoms with Gasteiger partial charge in [-0.15, -0.1) is 0 Å². The molecule has 26 heavy (non-hydrogen) atoms. The molecule has 1 aliphatic rings. The fourth-order valence-electron chi connectivity index (χ4n) is 3.09. The van der Waals surface area contributed by atoms with Crippen LogP contribution in [0.25, 0.3) is 10.9 Å². The van der Waals surface area contributed by atoms with E-state index in [1.165, 1.54) is 12.0 Å². The lowest BCUT2D eigenvalue weighted by Gasteiger charge is -2.22. The van der Waals surface area contributed by atoms with Crippen LogP contribution in [-0.2, 0) is 9.53 Å². The number of carbonyl (C=O) groups is 2. The fraction of sp³-hybridized carbons (Fsp3) is 0.444. The molecule has 1 aliphatic heterocycles. The largest absolute Gasteiger partial charge is 0.497 e. The van der Waals surface area contributed by atoms with E-state index in [1.54, 1.807) is 19.2 Å². The lowest BCUT2D eigenvalue weighted by Crippen LogP contribution is -3.13. The molecule has 0 aliphatic carbocycles. The molecule has 0 atom stereocenters. The molecule has 1 saturated heterocycles. The summed E-state index contributed by atoms with van der Waals surface area (Å²) in [6.45, 7) is 2.99. The maximum atomic E-state index is 12.5. The monoisotopic (exact) mass is 378 g/mol. The van der Waals surface area contributed by atoms with Crippen LogP contribution in [0.1, 0.15) is 16.9 Å². The predicted molar refractivity (Wildman–Crippen MR) is 102 cm³/mol. The molecule has 1 amide bonds. The molecule has 7 nitrogen and oxygen atoms in total. The van der Waals surface area contributed by atoms with Gasteiger partial charge in [-0.3, -0.25) is 4.79 Å². The Morgan fingerprint density at radius 3 is 2.73 bits per heavy atom. The summed E-state index contributed by atoms with van der Waals surface area (Å²) in [5.41, 5.74) is 1.41. The number of nitrogens with one attached hydrogen (secondary N) is 3. The second-order valence-corrected chi connectivity index (χ2v) is 7.41. The molecule has 1 aromatic carbocycles. The van der Waals surface area contributed by atoms with Gasteiger partial charge in [-0.1, -0.05) is 0 Å². The molecule has 1 aromatic heterocycles. The van der Waals surface area contributed by atoms with Crippen molar-refractivity contribution in [2.24, 2.45) is 0 Å². The van der Waals surface area contributed by atoms with E-state index in [4.69, 9.17) is 9.47 Å². The van der Waals surface area contributed by atoms with Crippen molar-refractivity contribution in [1.82, 2.24) is 4.98 Å². The van der Waals surface area contributed by atoms with Gasteiger partial charge in [0.2, 0.25) is 5.91 Å². The van der Waals surface area contributed by atoms with E-state index in [1.807, 2.05) is 17.8 Å². The van der Waals surface area contributed by atoms with Crippen LogP contribution in [0, 0.1) is 0 Å². The van der Waals surface area contributed by atoms with Crippen LogP contribution < -0.4 is 15.0 Å². The molecular formula is C18H24N3O4S+. The molecule has 1 fully saturated rings. The SMILES string of the molecule is COC(=O)c1[nH]c2cc(OC)ccc2c1NC(=O)CC[NH+]1CCSCC1. The van der Waals surface area contributed by atoms with Gasteiger partial charge >= 0.3 is 5.97 Å². The highest BCUT2D eigenvalue weighted by Crippen LogP contribution is 2.31. The number of carbonyl (C=O) groups excluding carboxylic acids is 2. The highest BCUT2D eigenvalue weighted by atomic mass is 32.2. The third-order valence-corrected chi connectivity index (χ3v) is 5.55. The summed E-state index contributed by atoms with van der Waals surface area (Å²) >= 11 is 1.96. The Bertz CT molecular complexity index is 799. The van der Waals surface area contributed by atoms with Crippen molar-refractivity contribution in [2.45, 2.75) is 6.42 Å². The average molecular weight is 378 g/mol. The van der Waals surface area contributed by atoms with Crippen LogP contribution in [0.3, 0.4) is 0 Å². The van der Waals surface area contributed by atoms with Crippen LogP contribution in [0.2, 0.25) is 0 Å². The first-order chi connectivity index (χ1) is 12.6. The van der Waals surface area contributed by atoms with Gasteiger partial charge in [0.15, 0.2) is 0 Å². The van der Waals surface area contributed by atoms with E-state index < -0.39 is 5.97 Å². The van der Waals surface area contributed by atoms with Crippen molar-refractivity contribution in [3.8, 4) is 5.75 Å². The summed E-state index contributed by atoms with van der Waals surface area (Å²) in [6, 6.07) is 5.40. The first-order valence-electron chi connectivity index (χ1n) is 8.61. The van der Waals surface area contributed by atoms with Crippen LogP contribution >= 0.6 is 11.8 Å². The van der Waals surface area contributed by atoms with Crippen molar-refractivity contribution >= 4 is 40.2 Å². The minimum Gasteiger partial charge on any atom is -0.497 e. The number of benzene rings is 1. The number of anilines is 1. The van der Waals surface area contributed by atoms with Crippen LogP contribution in [0.15, 0.2) is 18.2 Å². The van der Waals surface area contributed by atoms with E-state index in [2.05, 4.69) is 10.3 Å². The highest BCUT2D eigenvalue weighted by Gasteiger charge is 2.21. The lowest BCUT2D eigenvalue weighted by atomic mass is 10.2. The molecule has 2 aromatic rings. The van der Waals surface area contributed by atoms with Gasteiger partial charge in [0.25, 0.3) is 0 Å². The summed E-state index contributed by atoms with van der Waals surface area (Å²) < 4.78 is 10.1. The van der Waals surface area contributed by atoms with Crippen molar-refractivity contribution in [1.29, 1.82) is 0 Å². The summed E-state index contributed by atoms with van der Waals surface area (Å²) in [7, 11) is 2.90. The number of aromatic nitrogens is 1. The van der Waals surface area contributed by atoms with Crippen LogP contribution in [0.5, 0.6) is 5.75 Å². The summed E-state index contributed by atoms with van der Waals surface area (Å²) in [6.07, 6.45) is 0.420. The molecule has 0 bridgehead atoms. The number of fused-ring (bicyclic) bond motifs is 1. The zero-order chi connectivity index (χ0) is 18.5. The van der Waals surface area contributed by atoms with E-state index in [-0.39, 0.29) is 11.6 Å². The summed E-state index contributed by atoms with van der Waals surface area (Å²) in [5.74, 6) is 2.34. The lowest BCUT2D eigenvalue weighted by molar-refractivity contribution is -0.895. The molecule has 8 heteroatoms. The number of thioether (sulfide) groups is 1. The van der Waals surface area contributed by atoms with Crippen molar-refractivity contribution in [2.75, 3.05) is 50.7 Å². The topological polar surface area (TPSA) is 84.9 Å². The number of quaternary nitrogens is 1. The van der Waals surface area contributed by atoms with Gasteiger partial charge in [0.1, 0.15) is 11.4 Å². The molecule has 0 radical (unpaired) electrons. The van der Waals surface area contributed by atoms with Crippen molar-refractivity contribution in [3.63, 3.8) is 0 Å². The van der Waals surface area contributed by atoms with E-state index in [0.29, 0.717) is 23.4 Å². The Kier molecular flexibility index (Phi) is 6.05. The minimum atomic E-state index is -0.519. The maximum absolute atomic E-state index is 12.5. The van der Waals surface area contributed by atoms with Crippen molar-refractivity contribution < 1.29 is 24.0 Å². The maximum Gasteiger partial charge on any atom is 0.356 e. The quantitative estimate of drug-likeness (QED) is 0.651. The van der Waals surface area contributed by atoms with Crippen molar-refractivity contribution in [3.05, 3.63) is 23.9 Å². The third-order valence-electron chi connectivity index (χ3n) is 4.57. The number of esters is 1. The van der Waals surface area contributed by atoms with Gasteiger partial charge < -0.3 is 24.7 Å². The molecule has 0 spiro atoms. The molecule has 140 valence electrons. The van der Waals surface area contributed by atoms with E-state index in [0.717, 1.165) is 36.5 Å². The number of H-pyrrole nitrogens is 1. The Hall–Kier alpha value is -2.19. The third kappa shape index (κ3) is 4.13. The molecular weight excluding hydrogens is 354 g/mol. The Balaban J connectivity index is 1.78. The van der Waals surface area contributed by atoms with Gasteiger partial charge in [0.05, 0.1) is 51.5 Å². The minimum absolute atomic E-state index is 0.0994. The number of aromatic amines is 1. The number of methoxy groups -OCH3 is 2. The number of ether oxygens (including phenoxy) is 2. The molecule has 3 N–H and O–H groups in total. The molecule has 2 heterocycles. The highest BCUT2D eigenvalue weighted by molar-refractivity contribution is 7.99. The number of hydrogen-bond acceptors (Lipinski definition) is 5. The number of amides is 1. The fourth-order valence-corrected chi connectivity index (χ4v) is 4.16. The molecule has 0 unspecified atom stereocenters.